The zero-order valence-electron chi connectivity index (χ0n) is 15.7. The number of para-hydroxylation sites is 1. The molecular weight excluding hydrogens is 377 g/mol. The van der Waals surface area contributed by atoms with E-state index in [0.29, 0.717) is 5.82 Å². The Hall–Kier alpha value is -2.80. The van der Waals surface area contributed by atoms with Crippen molar-refractivity contribution in [3.8, 4) is 11.4 Å². The topological polar surface area (TPSA) is 56.2 Å². The summed E-state index contributed by atoms with van der Waals surface area (Å²) in [5, 5.41) is 7.64. The van der Waals surface area contributed by atoms with E-state index in [1.165, 1.54) is 17.7 Å². The van der Waals surface area contributed by atoms with Crippen LogP contribution in [0.5, 0.6) is 5.75 Å². The highest BCUT2D eigenvalue weighted by molar-refractivity contribution is 7.98. The number of hydrogen-bond donors (Lipinski definition) is 1. The molecule has 0 bridgehead atoms. The fourth-order valence-electron chi connectivity index (χ4n) is 3.23. The molecule has 1 N–H and O–H groups in total. The van der Waals surface area contributed by atoms with Gasteiger partial charge in [-0.3, -0.25) is 4.79 Å². The van der Waals surface area contributed by atoms with E-state index in [4.69, 9.17) is 9.84 Å². The van der Waals surface area contributed by atoms with E-state index in [1.54, 1.807) is 28.6 Å². The summed E-state index contributed by atoms with van der Waals surface area (Å²) in [7, 11) is 0. The monoisotopic (exact) mass is 397 g/mol. The van der Waals surface area contributed by atoms with Crippen molar-refractivity contribution in [2.24, 2.45) is 0 Å². The number of carbonyl (C=O) groups is 1. The van der Waals surface area contributed by atoms with E-state index in [1.807, 2.05) is 26.0 Å². The molecular formula is C21H20FN3O2S. The standard InChI is InChI=1S/C21H20FN3O2S/c1-13-7-8-18(14(2)9-13)25-21(15-11-28-12-17(15)24-25)23-20(26)10-27-19-6-4-3-5-16(19)22/h3-9H,10-12H2,1-2H3,(H,23,26). The lowest BCUT2D eigenvalue weighted by molar-refractivity contribution is -0.118. The number of hydrogen-bond acceptors (Lipinski definition) is 4. The molecule has 144 valence electrons. The van der Waals surface area contributed by atoms with Crippen LogP contribution in [-0.4, -0.2) is 22.3 Å². The normalized spacial score (nSPS) is 12.7. The van der Waals surface area contributed by atoms with Crippen LogP contribution in [0.3, 0.4) is 0 Å². The van der Waals surface area contributed by atoms with Crippen molar-refractivity contribution in [3.63, 3.8) is 0 Å². The Morgan fingerprint density at radius 1 is 1.25 bits per heavy atom. The van der Waals surface area contributed by atoms with E-state index in [-0.39, 0.29) is 18.3 Å². The summed E-state index contributed by atoms with van der Waals surface area (Å²) in [6.45, 7) is 3.79. The van der Waals surface area contributed by atoms with Crippen molar-refractivity contribution in [1.82, 2.24) is 9.78 Å². The quantitative estimate of drug-likeness (QED) is 0.694. The number of ether oxygens (including phenoxy) is 1. The second-order valence-electron chi connectivity index (χ2n) is 6.74. The number of anilines is 1. The van der Waals surface area contributed by atoms with Gasteiger partial charge in [0.2, 0.25) is 0 Å². The van der Waals surface area contributed by atoms with Gasteiger partial charge in [0.25, 0.3) is 5.91 Å². The van der Waals surface area contributed by atoms with E-state index >= 15 is 0 Å². The molecule has 1 aromatic heterocycles. The molecule has 3 aromatic rings. The highest BCUT2D eigenvalue weighted by Crippen LogP contribution is 2.36. The molecule has 1 amide bonds. The SMILES string of the molecule is Cc1ccc(-n2nc3c(c2NC(=O)COc2ccccc2F)CSC3)c(C)c1. The maximum absolute atomic E-state index is 13.7. The molecule has 0 atom stereocenters. The number of thioether (sulfide) groups is 1. The zero-order chi connectivity index (χ0) is 19.7. The lowest BCUT2D eigenvalue weighted by Gasteiger charge is -2.14. The Kier molecular flexibility index (Phi) is 5.09. The van der Waals surface area contributed by atoms with Crippen molar-refractivity contribution in [3.05, 3.63) is 70.7 Å². The van der Waals surface area contributed by atoms with Crippen LogP contribution in [-0.2, 0) is 16.3 Å². The van der Waals surface area contributed by atoms with E-state index < -0.39 is 5.82 Å². The molecule has 0 fully saturated rings. The molecule has 0 aliphatic carbocycles. The molecule has 4 rings (SSSR count). The van der Waals surface area contributed by atoms with Crippen molar-refractivity contribution in [1.29, 1.82) is 0 Å². The predicted molar refractivity (Wildman–Crippen MR) is 109 cm³/mol. The minimum Gasteiger partial charge on any atom is -0.481 e. The van der Waals surface area contributed by atoms with Gasteiger partial charge in [-0.05, 0) is 37.6 Å². The molecule has 2 aromatic carbocycles. The van der Waals surface area contributed by atoms with Crippen LogP contribution in [0.2, 0.25) is 0 Å². The lowest BCUT2D eigenvalue weighted by Crippen LogP contribution is -2.23. The second kappa shape index (κ2) is 7.67. The number of rotatable bonds is 5. The second-order valence-corrected chi connectivity index (χ2v) is 7.72. The van der Waals surface area contributed by atoms with Gasteiger partial charge in [-0.1, -0.05) is 29.8 Å². The Balaban J connectivity index is 1.59. The van der Waals surface area contributed by atoms with Gasteiger partial charge in [0.05, 0.1) is 11.4 Å². The molecule has 28 heavy (non-hydrogen) atoms. The maximum Gasteiger partial charge on any atom is 0.263 e. The summed E-state index contributed by atoms with van der Waals surface area (Å²) in [4.78, 5) is 12.5. The Bertz CT molecular complexity index is 1050. The van der Waals surface area contributed by atoms with Gasteiger partial charge in [0, 0.05) is 17.1 Å². The van der Waals surface area contributed by atoms with Crippen LogP contribution in [0.1, 0.15) is 22.4 Å². The first-order valence-corrected chi connectivity index (χ1v) is 10.1. The average molecular weight is 397 g/mol. The van der Waals surface area contributed by atoms with E-state index in [2.05, 4.69) is 11.4 Å². The lowest BCUT2D eigenvalue weighted by atomic mass is 10.1. The minimum absolute atomic E-state index is 0.0568. The molecule has 2 heterocycles. The summed E-state index contributed by atoms with van der Waals surface area (Å²) in [5.41, 5.74) is 5.18. The number of halogens is 1. The van der Waals surface area contributed by atoms with Crippen molar-refractivity contribution < 1.29 is 13.9 Å². The third kappa shape index (κ3) is 3.62. The summed E-state index contributed by atoms with van der Waals surface area (Å²) in [6.07, 6.45) is 0. The molecule has 0 spiro atoms. The van der Waals surface area contributed by atoms with Crippen molar-refractivity contribution in [2.75, 3.05) is 11.9 Å². The van der Waals surface area contributed by atoms with Crippen LogP contribution >= 0.6 is 11.8 Å². The van der Waals surface area contributed by atoms with Gasteiger partial charge in [0.15, 0.2) is 18.2 Å². The number of nitrogens with zero attached hydrogens (tertiary/aromatic N) is 2. The molecule has 0 radical (unpaired) electrons. The van der Waals surface area contributed by atoms with Crippen LogP contribution in [0.25, 0.3) is 5.69 Å². The highest BCUT2D eigenvalue weighted by Gasteiger charge is 2.25. The largest absolute Gasteiger partial charge is 0.481 e. The first kappa shape index (κ1) is 18.6. The van der Waals surface area contributed by atoms with Gasteiger partial charge in [0.1, 0.15) is 5.82 Å². The predicted octanol–water partition coefficient (Wildman–Crippen LogP) is 4.39. The molecule has 7 heteroatoms. The van der Waals surface area contributed by atoms with Crippen LogP contribution in [0.15, 0.2) is 42.5 Å². The third-order valence-corrected chi connectivity index (χ3v) is 5.56. The van der Waals surface area contributed by atoms with Gasteiger partial charge >= 0.3 is 0 Å². The molecule has 5 nitrogen and oxygen atoms in total. The Labute approximate surface area is 166 Å². The maximum atomic E-state index is 13.7. The van der Waals surface area contributed by atoms with E-state index in [0.717, 1.165) is 34.0 Å². The average Bonchev–Trinajstić information content (AvgIpc) is 3.24. The summed E-state index contributed by atoms with van der Waals surface area (Å²) >= 11 is 1.77. The van der Waals surface area contributed by atoms with Crippen molar-refractivity contribution in [2.45, 2.75) is 25.4 Å². The summed E-state index contributed by atoms with van der Waals surface area (Å²) in [5.74, 6) is 1.49. The van der Waals surface area contributed by atoms with E-state index in [9.17, 15) is 9.18 Å². The third-order valence-electron chi connectivity index (χ3n) is 4.59. The zero-order valence-corrected chi connectivity index (χ0v) is 16.5. The fourth-order valence-corrected chi connectivity index (χ4v) is 4.27. The van der Waals surface area contributed by atoms with Gasteiger partial charge in [-0.15, -0.1) is 0 Å². The number of fused-ring (bicyclic) bond motifs is 1. The van der Waals surface area contributed by atoms with Gasteiger partial charge in [-0.25, -0.2) is 9.07 Å². The Morgan fingerprint density at radius 2 is 2.07 bits per heavy atom. The first-order chi connectivity index (χ1) is 13.5. The van der Waals surface area contributed by atoms with Crippen LogP contribution in [0, 0.1) is 19.7 Å². The summed E-state index contributed by atoms with van der Waals surface area (Å²) in [6, 6.07) is 12.1. The van der Waals surface area contributed by atoms with Crippen LogP contribution in [0.4, 0.5) is 10.2 Å². The number of aromatic nitrogens is 2. The Morgan fingerprint density at radius 3 is 2.86 bits per heavy atom. The highest BCUT2D eigenvalue weighted by atomic mass is 32.2. The van der Waals surface area contributed by atoms with Crippen LogP contribution < -0.4 is 10.1 Å². The molecule has 0 unspecified atom stereocenters. The van der Waals surface area contributed by atoms with Gasteiger partial charge in [-0.2, -0.15) is 16.9 Å². The number of nitrogens with one attached hydrogen (secondary N) is 1. The number of amides is 1. The van der Waals surface area contributed by atoms with Gasteiger partial charge < -0.3 is 10.1 Å². The summed E-state index contributed by atoms with van der Waals surface area (Å²) < 4.78 is 20.8. The molecule has 0 saturated carbocycles. The molecule has 1 aliphatic rings. The fraction of sp³-hybridized carbons (Fsp3) is 0.238. The minimum atomic E-state index is -0.493. The number of aryl methyl sites for hydroxylation is 2. The first-order valence-electron chi connectivity index (χ1n) is 8.96. The molecule has 0 saturated heterocycles. The molecule has 1 aliphatic heterocycles. The van der Waals surface area contributed by atoms with Crippen molar-refractivity contribution >= 4 is 23.5 Å². The number of carbonyl (C=O) groups excluding carboxylic acids is 1. The smallest absolute Gasteiger partial charge is 0.263 e. The number of benzene rings is 2.